The largest absolute Gasteiger partial charge is 0.508 e. The number of phenols is 1. The monoisotopic (exact) mass is 191 g/mol. The van der Waals surface area contributed by atoms with Crippen molar-refractivity contribution in [3.8, 4) is 5.75 Å². The van der Waals surface area contributed by atoms with E-state index >= 15 is 0 Å². The molecule has 1 nitrogen and oxygen atoms in total. The van der Waals surface area contributed by atoms with Crippen molar-refractivity contribution in [2.75, 3.05) is 0 Å². The van der Waals surface area contributed by atoms with Gasteiger partial charge >= 0.3 is 0 Å². The van der Waals surface area contributed by atoms with E-state index in [9.17, 15) is 0 Å². The Labute approximate surface area is 69.1 Å². The first-order valence-electron chi connectivity index (χ1n) is 2.23. The SMILES string of the molecule is Oc1ccc(Cl)cc1.[Cu]. The molecule has 0 aromatic heterocycles. The second kappa shape index (κ2) is 3.78. The summed E-state index contributed by atoms with van der Waals surface area (Å²) in [5.41, 5.74) is 0. The van der Waals surface area contributed by atoms with Gasteiger partial charge in [-0.25, -0.2) is 0 Å². The van der Waals surface area contributed by atoms with Crippen LogP contribution < -0.4 is 0 Å². The minimum atomic E-state index is 0. The van der Waals surface area contributed by atoms with E-state index in [1.54, 1.807) is 24.3 Å². The molecule has 3 heteroatoms. The Balaban J connectivity index is 0.000000640. The van der Waals surface area contributed by atoms with Crippen LogP contribution in [0.4, 0.5) is 0 Å². The Kier molecular flexibility index (Phi) is 3.71. The topological polar surface area (TPSA) is 20.2 Å². The number of phenolic OH excluding ortho intramolecular Hbond substituents is 1. The molecule has 0 fully saturated rings. The molecule has 1 radical (unpaired) electrons. The van der Waals surface area contributed by atoms with Crippen LogP contribution in [0.2, 0.25) is 5.02 Å². The van der Waals surface area contributed by atoms with Crippen LogP contribution in [0, 0.1) is 0 Å². The van der Waals surface area contributed by atoms with Crippen LogP contribution in [-0.2, 0) is 17.1 Å². The summed E-state index contributed by atoms with van der Waals surface area (Å²) in [5, 5.41) is 9.34. The molecule has 0 aliphatic rings. The normalized spacial score (nSPS) is 8.11. The van der Waals surface area contributed by atoms with Crippen molar-refractivity contribution < 1.29 is 22.2 Å². The first-order valence-corrected chi connectivity index (χ1v) is 2.61. The summed E-state index contributed by atoms with van der Waals surface area (Å²) in [7, 11) is 0. The van der Waals surface area contributed by atoms with Crippen LogP contribution in [0.3, 0.4) is 0 Å². The number of aromatic hydroxyl groups is 1. The van der Waals surface area contributed by atoms with Gasteiger partial charge in [0.05, 0.1) is 0 Å². The molecule has 0 unspecified atom stereocenters. The van der Waals surface area contributed by atoms with E-state index in [1.807, 2.05) is 0 Å². The number of rotatable bonds is 0. The molecule has 1 rings (SSSR count). The Bertz CT molecular complexity index is 152. The van der Waals surface area contributed by atoms with Crippen LogP contribution in [-0.4, -0.2) is 5.11 Å². The number of halogens is 1. The summed E-state index contributed by atoms with van der Waals surface area (Å²) < 4.78 is 0. The summed E-state index contributed by atoms with van der Waals surface area (Å²) in [6.45, 7) is 0. The van der Waals surface area contributed by atoms with Crippen molar-refractivity contribution in [2.24, 2.45) is 0 Å². The summed E-state index contributed by atoms with van der Waals surface area (Å²) in [6.07, 6.45) is 0. The van der Waals surface area contributed by atoms with Gasteiger partial charge < -0.3 is 5.11 Å². The number of hydrogen-bond acceptors (Lipinski definition) is 1. The predicted molar refractivity (Wildman–Crippen MR) is 33.1 cm³/mol. The molecule has 1 aromatic carbocycles. The van der Waals surface area contributed by atoms with Crippen molar-refractivity contribution in [3.63, 3.8) is 0 Å². The second-order valence-corrected chi connectivity index (χ2v) is 1.91. The van der Waals surface area contributed by atoms with E-state index in [-0.39, 0.29) is 22.8 Å². The van der Waals surface area contributed by atoms with Crippen molar-refractivity contribution in [1.29, 1.82) is 0 Å². The van der Waals surface area contributed by atoms with Crippen molar-refractivity contribution in [3.05, 3.63) is 29.3 Å². The fraction of sp³-hybridized carbons (Fsp3) is 0. The van der Waals surface area contributed by atoms with Crippen LogP contribution in [0.5, 0.6) is 5.75 Å². The van der Waals surface area contributed by atoms with Crippen LogP contribution in [0.25, 0.3) is 0 Å². The van der Waals surface area contributed by atoms with E-state index in [1.165, 1.54) is 0 Å². The molecular weight excluding hydrogens is 187 g/mol. The van der Waals surface area contributed by atoms with Crippen LogP contribution >= 0.6 is 11.6 Å². The third kappa shape index (κ3) is 2.75. The summed E-state index contributed by atoms with van der Waals surface area (Å²) in [6, 6.07) is 6.36. The molecule has 0 saturated carbocycles. The van der Waals surface area contributed by atoms with Gasteiger partial charge in [0.15, 0.2) is 0 Å². The molecule has 0 spiro atoms. The van der Waals surface area contributed by atoms with Gasteiger partial charge in [0, 0.05) is 22.1 Å². The van der Waals surface area contributed by atoms with Gasteiger partial charge in [-0.15, -0.1) is 0 Å². The molecule has 9 heavy (non-hydrogen) atoms. The summed E-state index contributed by atoms with van der Waals surface area (Å²) >= 11 is 5.50. The molecule has 53 valence electrons. The minimum absolute atomic E-state index is 0. The first-order chi connectivity index (χ1) is 3.79. The van der Waals surface area contributed by atoms with E-state index in [4.69, 9.17) is 16.7 Å². The van der Waals surface area contributed by atoms with Crippen molar-refractivity contribution in [2.45, 2.75) is 0 Å². The maximum absolute atomic E-state index is 8.70. The number of hydrogen-bond donors (Lipinski definition) is 1. The molecule has 1 N–H and O–H groups in total. The molecule has 0 saturated heterocycles. The maximum atomic E-state index is 8.70. The minimum Gasteiger partial charge on any atom is -0.508 e. The van der Waals surface area contributed by atoms with Gasteiger partial charge in [-0.1, -0.05) is 11.6 Å². The summed E-state index contributed by atoms with van der Waals surface area (Å²) in [4.78, 5) is 0. The molecule has 0 aliphatic heterocycles. The first kappa shape index (κ1) is 8.83. The van der Waals surface area contributed by atoms with E-state index < -0.39 is 0 Å². The van der Waals surface area contributed by atoms with Crippen LogP contribution in [0.1, 0.15) is 0 Å². The average molecular weight is 192 g/mol. The fourth-order valence-corrected chi connectivity index (χ4v) is 0.567. The standard InChI is InChI=1S/C6H5ClO.Cu/c7-5-1-3-6(8)4-2-5;/h1-4,8H;. The average Bonchev–Trinajstić information content (AvgIpc) is 1.77. The van der Waals surface area contributed by atoms with E-state index in [0.717, 1.165) is 0 Å². The molecule has 0 heterocycles. The maximum Gasteiger partial charge on any atom is 0.115 e. The molecule has 1 aromatic rings. The Morgan fingerprint density at radius 1 is 1.11 bits per heavy atom. The van der Waals surface area contributed by atoms with Gasteiger partial charge in [0.2, 0.25) is 0 Å². The van der Waals surface area contributed by atoms with Gasteiger partial charge in [-0.2, -0.15) is 0 Å². The second-order valence-electron chi connectivity index (χ2n) is 1.48. The molecule has 0 bridgehead atoms. The number of benzene rings is 1. The van der Waals surface area contributed by atoms with Gasteiger partial charge in [0.1, 0.15) is 5.75 Å². The van der Waals surface area contributed by atoms with Crippen molar-refractivity contribution in [1.82, 2.24) is 0 Å². The molecular formula is C6H5ClCuO. The predicted octanol–water partition coefficient (Wildman–Crippen LogP) is 2.04. The van der Waals surface area contributed by atoms with E-state index in [2.05, 4.69) is 0 Å². The Hall–Kier alpha value is -0.171. The zero-order valence-electron chi connectivity index (χ0n) is 4.44. The van der Waals surface area contributed by atoms with E-state index in [0.29, 0.717) is 5.02 Å². The third-order valence-corrected chi connectivity index (χ3v) is 1.08. The molecule has 0 aliphatic carbocycles. The van der Waals surface area contributed by atoms with Crippen molar-refractivity contribution >= 4 is 11.6 Å². The van der Waals surface area contributed by atoms with Gasteiger partial charge in [0.25, 0.3) is 0 Å². The quantitative estimate of drug-likeness (QED) is 0.623. The fourth-order valence-electron chi connectivity index (χ4n) is 0.441. The summed E-state index contributed by atoms with van der Waals surface area (Å²) in [5.74, 6) is 0.245. The van der Waals surface area contributed by atoms with Gasteiger partial charge in [-0.3, -0.25) is 0 Å². The zero-order valence-corrected chi connectivity index (χ0v) is 6.13. The molecule has 0 atom stereocenters. The third-order valence-electron chi connectivity index (χ3n) is 0.827. The van der Waals surface area contributed by atoms with Gasteiger partial charge in [-0.05, 0) is 24.3 Å². The zero-order chi connectivity index (χ0) is 5.98. The Morgan fingerprint density at radius 3 is 1.89 bits per heavy atom. The Morgan fingerprint density at radius 2 is 1.56 bits per heavy atom. The smallest absolute Gasteiger partial charge is 0.115 e. The van der Waals surface area contributed by atoms with Crippen LogP contribution in [0.15, 0.2) is 24.3 Å². The molecule has 0 amide bonds.